The first kappa shape index (κ1) is 13.3. The Morgan fingerprint density at radius 1 is 1.60 bits per heavy atom. The van der Waals surface area contributed by atoms with E-state index in [0.717, 1.165) is 25.8 Å². The molecule has 0 fully saturated rings. The maximum Gasteiger partial charge on any atom is 0.344 e. The molecule has 1 atom stereocenters. The maximum atomic E-state index is 11.0. The number of carboxylic acids is 1. The van der Waals surface area contributed by atoms with E-state index in [-0.39, 0.29) is 0 Å². The minimum Gasteiger partial charge on any atom is -0.479 e. The maximum absolute atomic E-state index is 11.0. The van der Waals surface area contributed by atoms with Gasteiger partial charge in [-0.25, -0.2) is 4.79 Å². The normalized spacial score (nSPS) is 17.6. The Kier molecular flexibility index (Phi) is 3.35. The fourth-order valence-corrected chi connectivity index (χ4v) is 3.54. The molecule has 0 bridgehead atoms. The third-order valence-corrected chi connectivity index (χ3v) is 4.52. The lowest BCUT2D eigenvalue weighted by Gasteiger charge is -2.17. The van der Waals surface area contributed by atoms with Crippen molar-refractivity contribution in [3.8, 4) is 0 Å². The number of carboxylic acid groups (broad SMARTS) is 1. The van der Waals surface area contributed by atoms with Gasteiger partial charge in [0.1, 0.15) is 5.76 Å². The lowest BCUT2D eigenvalue weighted by molar-refractivity contribution is -0.147. The van der Waals surface area contributed by atoms with Crippen LogP contribution in [0.15, 0.2) is 23.5 Å². The second-order valence-electron chi connectivity index (χ2n) is 4.64. The van der Waals surface area contributed by atoms with E-state index in [1.54, 1.807) is 18.3 Å². The number of rotatable bonds is 4. The first-order valence-corrected chi connectivity index (χ1v) is 7.56. The molecule has 20 heavy (non-hydrogen) atoms. The van der Waals surface area contributed by atoms with Crippen molar-refractivity contribution in [3.63, 3.8) is 0 Å². The summed E-state index contributed by atoms with van der Waals surface area (Å²) in [5.74, 6) is -0.303. The minimum absolute atomic E-state index is 0.441. The lowest BCUT2D eigenvalue weighted by Crippen LogP contribution is -2.23. The first-order chi connectivity index (χ1) is 9.58. The zero-order chi connectivity index (χ0) is 14.3. The van der Waals surface area contributed by atoms with E-state index < -0.39 is 12.1 Å². The van der Waals surface area contributed by atoms with E-state index in [2.05, 4.69) is 11.1 Å². The van der Waals surface area contributed by atoms with Crippen LogP contribution in [0.1, 0.15) is 19.8 Å². The average molecular weight is 307 g/mol. The number of carbonyl (C=O) groups is 1. The quantitative estimate of drug-likeness (QED) is 0.833. The molecule has 2 aliphatic carbocycles. The van der Waals surface area contributed by atoms with Gasteiger partial charge in [-0.05, 0) is 54.4 Å². The van der Waals surface area contributed by atoms with Crippen LogP contribution >= 0.6 is 23.6 Å². The van der Waals surface area contributed by atoms with Gasteiger partial charge in [0.25, 0.3) is 0 Å². The van der Waals surface area contributed by atoms with Gasteiger partial charge in [-0.1, -0.05) is 6.92 Å². The molecule has 4 nitrogen and oxygen atoms in total. The Balaban J connectivity index is 1.90. The molecule has 1 aromatic rings. The highest BCUT2D eigenvalue weighted by Crippen LogP contribution is 2.27. The van der Waals surface area contributed by atoms with Crippen molar-refractivity contribution in [2.75, 3.05) is 0 Å². The Bertz CT molecular complexity index is 810. The van der Waals surface area contributed by atoms with Gasteiger partial charge in [0.15, 0.2) is 10.1 Å². The summed E-state index contributed by atoms with van der Waals surface area (Å²) in [5.41, 5.74) is 2.28. The summed E-state index contributed by atoms with van der Waals surface area (Å²) in [7, 11) is 0. The molecule has 3 rings (SSSR count). The second kappa shape index (κ2) is 5.03. The van der Waals surface area contributed by atoms with Gasteiger partial charge in [0, 0.05) is 0 Å². The predicted octanol–water partition coefficient (Wildman–Crippen LogP) is 1.84. The number of hydrogen-bond donors (Lipinski definition) is 2. The van der Waals surface area contributed by atoms with Crippen LogP contribution in [0.2, 0.25) is 0 Å². The molecule has 0 spiro atoms. The number of allylic oxidation sites excluding steroid dienone is 3. The Morgan fingerprint density at radius 3 is 3.10 bits per heavy atom. The van der Waals surface area contributed by atoms with Gasteiger partial charge in [-0.15, -0.1) is 11.3 Å². The monoisotopic (exact) mass is 307 g/mol. The lowest BCUT2D eigenvalue weighted by atomic mass is 10.00. The molecule has 104 valence electrons. The number of hydrogen-bond acceptors (Lipinski definition) is 4. The van der Waals surface area contributed by atoms with Gasteiger partial charge in [-0.3, -0.25) is 0 Å². The highest BCUT2D eigenvalue weighted by atomic mass is 32.1. The molecule has 2 N–H and O–H groups in total. The summed E-state index contributed by atoms with van der Waals surface area (Å²) >= 11 is 6.70. The molecule has 2 aliphatic rings. The fourth-order valence-electron chi connectivity index (χ4n) is 2.36. The smallest absolute Gasteiger partial charge is 0.344 e. The van der Waals surface area contributed by atoms with Gasteiger partial charge < -0.3 is 14.8 Å². The summed E-state index contributed by atoms with van der Waals surface area (Å²) in [6, 6.07) is 0. The van der Waals surface area contributed by atoms with Crippen molar-refractivity contribution in [2.45, 2.75) is 25.9 Å². The second-order valence-corrected chi connectivity index (χ2v) is 6.36. The van der Waals surface area contributed by atoms with Crippen molar-refractivity contribution >= 4 is 41.2 Å². The van der Waals surface area contributed by atoms with E-state index in [0.29, 0.717) is 12.2 Å². The number of nitrogens with one attached hydrogen (secondary N) is 1. The SMILES string of the molecule is CCC(OC1=CCC2=c3[nH]c(=S)sc3=CC2=C1)C(=O)O. The van der Waals surface area contributed by atoms with Crippen LogP contribution in [0.4, 0.5) is 0 Å². The van der Waals surface area contributed by atoms with Gasteiger partial charge in [-0.2, -0.15) is 0 Å². The third kappa shape index (κ3) is 2.25. The number of aromatic nitrogens is 1. The van der Waals surface area contributed by atoms with Crippen molar-refractivity contribution in [1.29, 1.82) is 0 Å². The molecule has 0 saturated heterocycles. The molecular formula is C14H13NO3S2. The third-order valence-electron chi connectivity index (χ3n) is 3.34. The van der Waals surface area contributed by atoms with Gasteiger partial charge in [0.2, 0.25) is 0 Å². The molecule has 0 aromatic carbocycles. The molecule has 6 heteroatoms. The highest BCUT2D eigenvalue weighted by molar-refractivity contribution is 7.73. The summed E-state index contributed by atoms with van der Waals surface area (Å²) in [5, 5.41) is 10.1. The Labute approximate surface area is 124 Å². The van der Waals surface area contributed by atoms with Crippen molar-refractivity contribution in [1.82, 2.24) is 4.98 Å². The standard InChI is InChI=1S/C14H13NO3S2/c1-2-10(13(16)17)18-8-3-4-9-7(5-8)6-11-12(9)15-14(19)20-11/h3,5-6,10H,2,4H2,1H3,(H,15,19)(H,16,17). The van der Waals surface area contributed by atoms with Crippen molar-refractivity contribution < 1.29 is 14.6 Å². The van der Waals surface area contributed by atoms with Crippen LogP contribution in [0, 0.1) is 3.95 Å². The molecule has 0 radical (unpaired) electrons. The molecule has 0 amide bonds. The average Bonchev–Trinajstić information content (AvgIpc) is 2.90. The molecule has 1 heterocycles. The first-order valence-electron chi connectivity index (χ1n) is 6.34. The van der Waals surface area contributed by atoms with Crippen LogP contribution in [0.5, 0.6) is 0 Å². The number of aliphatic carboxylic acids is 1. The number of fused-ring (bicyclic) bond motifs is 2. The predicted molar refractivity (Wildman–Crippen MR) is 80.2 cm³/mol. The Hall–Kier alpha value is -1.66. The summed E-state index contributed by atoms with van der Waals surface area (Å²) in [4.78, 5) is 14.2. The minimum atomic E-state index is -0.930. The van der Waals surface area contributed by atoms with Crippen molar-refractivity contribution in [2.24, 2.45) is 0 Å². The summed E-state index contributed by atoms with van der Waals surface area (Å²) in [6.07, 6.45) is 6.26. The molecule has 0 saturated carbocycles. The number of H-pyrrole nitrogens is 1. The zero-order valence-electron chi connectivity index (χ0n) is 10.8. The zero-order valence-corrected chi connectivity index (χ0v) is 12.4. The summed E-state index contributed by atoms with van der Waals surface area (Å²) < 4.78 is 7.45. The van der Waals surface area contributed by atoms with E-state index in [9.17, 15) is 4.79 Å². The van der Waals surface area contributed by atoms with E-state index in [4.69, 9.17) is 22.1 Å². The van der Waals surface area contributed by atoms with Crippen LogP contribution in [-0.2, 0) is 9.53 Å². The number of ether oxygens (including phenoxy) is 1. The largest absolute Gasteiger partial charge is 0.479 e. The Morgan fingerprint density at radius 2 is 2.40 bits per heavy atom. The van der Waals surface area contributed by atoms with Crippen LogP contribution < -0.4 is 9.88 Å². The topological polar surface area (TPSA) is 62.3 Å². The number of aromatic amines is 1. The fraction of sp³-hybridized carbons (Fsp3) is 0.286. The van der Waals surface area contributed by atoms with Gasteiger partial charge in [0.05, 0.1) is 9.88 Å². The van der Waals surface area contributed by atoms with E-state index in [1.807, 2.05) is 12.2 Å². The molecule has 1 unspecified atom stereocenters. The summed E-state index contributed by atoms with van der Waals surface area (Å²) in [6.45, 7) is 1.80. The molecular weight excluding hydrogens is 294 g/mol. The van der Waals surface area contributed by atoms with Crippen molar-refractivity contribution in [3.05, 3.63) is 37.3 Å². The molecule has 1 aromatic heterocycles. The van der Waals surface area contributed by atoms with Crippen LogP contribution in [0.3, 0.4) is 0 Å². The van der Waals surface area contributed by atoms with E-state index in [1.165, 1.54) is 5.57 Å². The van der Waals surface area contributed by atoms with E-state index >= 15 is 0 Å². The van der Waals surface area contributed by atoms with Crippen LogP contribution in [0.25, 0.3) is 11.6 Å². The molecule has 0 aliphatic heterocycles. The van der Waals surface area contributed by atoms with Crippen LogP contribution in [-0.4, -0.2) is 22.2 Å². The highest BCUT2D eigenvalue weighted by Gasteiger charge is 2.21. The number of thiazole rings is 1. The van der Waals surface area contributed by atoms with Gasteiger partial charge >= 0.3 is 5.97 Å².